The van der Waals surface area contributed by atoms with Crippen molar-refractivity contribution in [2.75, 3.05) is 11.1 Å². The van der Waals surface area contributed by atoms with Crippen LogP contribution >= 0.6 is 11.8 Å². The molecule has 1 heterocycles. The third-order valence-corrected chi connectivity index (χ3v) is 5.43. The summed E-state index contributed by atoms with van der Waals surface area (Å²) in [5.74, 6) is 0.943. The summed E-state index contributed by atoms with van der Waals surface area (Å²) in [6.45, 7) is 8.10. The number of allylic oxidation sites excluding steroid dienone is 1. The van der Waals surface area contributed by atoms with Crippen LogP contribution in [0.15, 0.2) is 66.3 Å². The van der Waals surface area contributed by atoms with Gasteiger partial charge in [0.1, 0.15) is 11.4 Å². The van der Waals surface area contributed by atoms with Crippen LogP contribution in [0.4, 0.5) is 11.4 Å². The van der Waals surface area contributed by atoms with Crippen LogP contribution in [0.1, 0.15) is 24.4 Å². The molecule has 0 radical (unpaired) electrons. The number of thioether (sulfide) groups is 1. The molecule has 9 nitrogen and oxygen atoms in total. The number of hydrogen-bond donors (Lipinski definition) is 1. The molecule has 2 aromatic carbocycles. The summed E-state index contributed by atoms with van der Waals surface area (Å²) in [5, 5.41) is 22.7. The summed E-state index contributed by atoms with van der Waals surface area (Å²) in [7, 11) is 0. The number of benzene rings is 2. The maximum Gasteiger partial charge on any atom is 0.292 e. The van der Waals surface area contributed by atoms with Gasteiger partial charge >= 0.3 is 0 Å². The third kappa shape index (κ3) is 5.73. The van der Waals surface area contributed by atoms with Crippen molar-refractivity contribution in [3.63, 3.8) is 0 Å². The van der Waals surface area contributed by atoms with E-state index in [1.807, 2.05) is 42.7 Å². The Labute approximate surface area is 189 Å². The summed E-state index contributed by atoms with van der Waals surface area (Å²) >= 11 is 1.18. The van der Waals surface area contributed by atoms with Gasteiger partial charge in [0.05, 0.1) is 10.7 Å². The molecule has 1 amide bonds. The highest BCUT2D eigenvalue weighted by atomic mass is 32.2. The standard InChI is InChI=1S/C22H23N5O4S/c1-4-13-26-21(16(3)31-17-11-9-15(2)10-12-17)24-25-22(26)32-14-20(28)23-18-7-5-6-8-19(18)27(29)30/h4-12,16H,1,13-14H2,2-3H3,(H,23,28). The monoisotopic (exact) mass is 453 g/mol. The third-order valence-electron chi connectivity index (χ3n) is 4.46. The molecule has 1 atom stereocenters. The van der Waals surface area contributed by atoms with Gasteiger partial charge in [0, 0.05) is 12.6 Å². The van der Waals surface area contributed by atoms with Gasteiger partial charge in [-0.15, -0.1) is 16.8 Å². The number of ether oxygens (including phenoxy) is 1. The first-order valence-electron chi connectivity index (χ1n) is 9.82. The Morgan fingerprint density at radius 2 is 2.00 bits per heavy atom. The number of anilines is 1. The van der Waals surface area contributed by atoms with Crippen LogP contribution in [0, 0.1) is 17.0 Å². The van der Waals surface area contributed by atoms with Crippen LogP contribution in [0.2, 0.25) is 0 Å². The summed E-state index contributed by atoms with van der Waals surface area (Å²) in [6.07, 6.45) is 1.34. The lowest BCUT2D eigenvalue weighted by Crippen LogP contribution is -2.16. The van der Waals surface area contributed by atoms with E-state index in [-0.39, 0.29) is 29.1 Å². The second-order valence-corrected chi connectivity index (χ2v) is 7.87. The number of aromatic nitrogens is 3. The molecule has 1 unspecified atom stereocenters. The number of carbonyl (C=O) groups excluding carboxylic acids is 1. The first kappa shape index (κ1) is 23.0. The van der Waals surface area contributed by atoms with Crippen LogP contribution in [-0.2, 0) is 11.3 Å². The van der Waals surface area contributed by atoms with Gasteiger partial charge in [-0.2, -0.15) is 0 Å². The Kier molecular flexibility index (Phi) is 7.61. The highest BCUT2D eigenvalue weighted by Crippen LogP contribution is 2.26. The van der Waals surface area contributed by atoms with Crippen molar-refractivity contribution in [1.29, 1.82) is 0 Å². The molecule has 0 bridgehead atoms. The van der Waals surface area contributed by atoms with Crippen molar-refractivity contribution in [1.82, 2.24) is 14.8 Å². The van der Waals surface area contributed by atoms with Crippen LogP contribution in [-0.4, -0.2) is 31.3 Å². The number of rotatable bonds is 10. The van der Waals surface area contributed by atoms with E-state index >= 15 is 0 Å². The molecule has 0 aliphatic heterocycles. The van der Waals surface area contributed by atoms with Gasteiger partial charge in [0.15, 0.2) is 17.1 Å². The molecule has 0 aliphatic carbocycles. The van der Waals surface area contributed by atoms with Gasteiger partial charge < -0.3 is 10.1 Å². The Morgan fingerprint density at radius 3 is 2.69 bits per heavy atom. The predicted molar refractivity (Wildman–Crippen MR) is 123 cm³/mol. The minimum atomic E-state index is -0.537. The average Bonchev–Trinajstić information content (AvgIpc) is 3.17. The molecule has 10 heteroatoms. The summed E-state index contributed by atoms with van der Waals surface area (Å²) in [5.41, 5.74) is 1.12. The second-order valence-electron chi connectivity index (χ2n) is 6.92. The maximum atomic E-state index is 12.4. The fourth-order valence-corrected chi connectivity index (χ4v) is 3.69. The number of hydrogen-bond acceptors (Lipinski definition) is 7. The Hall–Kier alpha value is -3.66. The zero-order valence-electron chi connectivity index (χ0n) is 17.7. The number of carbonyl (C=O) groups is 1. The number of nitrogens with one attached hydrogen (secondary N) is 1. The van der Waals surface area contributed by atoms with Gasteiger partial charge in [0.25, 0.3) is 5.69 Å². The van der Waals surface area contributed by atoms with Gasteiger partial charge in [-0.25, -0.2) is 0 Å². The second kappa shape index (κ2) is 10.6. The lowest BCUT2D eigenvalue weighted by molar-refractivity contribution is -0.383. The molecule has 1 N–H and O–H groups in total. The maximum absolute atomic E-state index is 12.4. The molecule has 0 spiro atoms. The highest BCUT2D eigenvalue weighted by Gasteiger charge is 2.20. The molecule has 0 saturated carbocycles. The molecule has 3 aromatic rings. The van der Waals surface area contributed by atoms with Gasteiger partial charge in [-0.3, -0.25) is 19.5 Å². The highest BCUT2D eigenvalue weighted by molar-refractivity contribution is 7.99. The molecular weight excluding hydrogens is 430 g/mol. The Morgan fingerprint density at radius 1 is 1.28 bits per heavy atom. The van der Waals surface area contributed by atoms with Crippen molar-refractivity contribution in [2.45, 2.75) is 31.7 Å². The SMILES string of the molecule is C=CCn1c(SCC(=O)Nc2ccccc2[N+](=O)[O-])nnc1C(C)Oc1ccc(C)cc1. The quantitative estimate of drug-likeness (QED) is 0.207. The van der Waals surface area contributed by atoms with Crippen LogP contribution in [0.25, 0.3) is 0 Å². The van der Waals surface area contributed by atoms with E-state index in [2.05, 4.69) is 22.1 Å². The number of nitro benzene ring substituents is 1. The van der Waals surface area contributed by atoms with Crippen molar-refractivity contribution in [3.8, 4) is 5.75 Å². The lowest BCUT2D eigenvalue weighted by Gasteiger charge is -2.16. The van der Waals surface area contributed by atoms with E-state index in [1.54, 1.807) is 18.2 Å². The van der Waals surface area contributed by atoms with E-state index in [9.17, 15) is 14.9 Å². The molecule has 32 heavy (non-hydrogen) atoms. The number of para-hydroxylation sites is 2. The molecule has 0 aliphatic rings. The predicted octanol–water partition coefficient (Wildman–Crippen LogP) is 4.55. The minimum absolute atomic E-state index is 0.00846. The molecule has 0 fully saturated rings. The minimum Gasteiger partial charge on any atom is -0.483 e. The topological polar surface area (TPSA) is 112 Å². The summed E-state index contributed by atoms with van der Waals surface area (Å²) in [4.78, 5) is 23.0. The summed E-state index contributed by atoms with van der Waals surface area (Å²) < 4.78 is 7.81. The van der Waals surface area contributed by atoms with Crippen molar-refractivity contribution in [3.05, 3.63) is 82.7 Å². The van der Waals surface area contributed by atoms with Gasteiger partial charge in [0.2, 0.25) is 5.91 Å². The van der Waals surface area contributed by atoms with Crippen molar-refractivity contribution < 1.29 is 14.5 Å². The van der Waals surface area contributed by atoms with Crippen molar-refractivity contribution >= 4 is 29.0 Å². The van der Waals surface area contributed by atoms with Crippen molar-refractivity contribution in [2.24, 2.45) is 0 Å². The molecule has 0 saturated heterocycles. The molecular formula is C22H23N5O4S. The van der Waals surface area contributed by atoms with E-state index in [4.69, 9.17) is 4.74 Å². The van der Waals surface area contributed by atoms with Gasteiger partial charge in [-0.05, 0) is 32.0 Å². The van der Waals surface area contributed by atoms with E-state index in [1.165, 1.54) is 23.9 Å². The zero-order chi connectivity index (χ0) is 23.1. The fourth-order valence-electron chi connectivity index (χ4n) is 2.94. The first-order chi connectivity index (χ1) is 15.4. The average molecular weight is 454 g/mol. The van der Waals surface area contributed by atoms with Gasteiger partial charge in [-0.1, -0.05) is 47.7 Å². The Balaban J connectivity index is 1.68. The first-order valence-corrected chi connectivity index (χ1v) is 10.8. The lowest BCUT2D eigenvalue weighted by atomic mass is 10.2. The molecule has 1 aromatic heterocycles. The number of nitrogens with zero attached hydrogens (tertiary/aromatic N) is 4. The number of aryl methyl sites for hydroxylation is 1. The van der Waals surface area contributed by atoms with Crippen LogP contribution in [0.3, 0.4) is 0 Å². The van der Waals surface area contributed by atoms with E-state index in [0.29, 0.717) is 23.3 Å². The molecule has 166 valence electrons. The zero-order valence-corrected chi connectivity index (χ0v) is 18.5. The summed E-state index contributed by atoms with van der Waals surface area (Å²) in [6, 6.07) is 13.7. The normalized spacial score (nSPS) is 11.6. The fraction of sp³-hybridized carbons (Fsp3) is 0.227. The Bertz CT molecular complexity index is 1110. The van der Waals surface area contributed by atoms with Crippen LogP contribution in [0.5, 0.6) is 5.75 Å². The smallest absolute Gasteiger partial charge is 0.292 e. The van der Waals surface area contributed by atoms with E-state index in [0.717, 1.165) is 5.56 Å². The largest absolute Gasteiger partial charge is 0.483 e. The van der Waals surface area contributed by atoms with E-state index < -0.39 is 4.92 Å². The van der Waals surface area contributed by atoms with Crippen LogP contribution < -0.4 is 10.1 Å². The number of amides is 1. The molecule has 3 rings (SSSR count). The number of nitro groups is 1.